The van der Waals surface area contributed by atoms with Crippen LogP contribution in [-0.4, -0.2) is 19.9 Å². The van der Waals surface area contributed by atoms with E-state index < -0.39 is 5.41 Å². The van der Waals surface area contributed by atoms with Gasteiger partial charge in [-0.2, -0.15) is 0 Å². The van der Waals surface area contributed by atoms with Crippen LogP contribution in [0.15, 0.2) is 219 Å². The van der Waals surface area contributed by atoms with E-state index in [0.717, 1.165) is 50.1 Å². The molecule has 4 heteroatoms. The summed E-state index contributed by atoms with van der Waals surface area (Å²) in [6, 6.07) is 63.3. The highest BCUT2D eigenvalue weighted by atomic mass is 14.6. The molecule has 0 radical (unpaired) electrons. The van der Waals surface area contributed by atoms with Crippen molar-refractivity contribution in [1.29, 1.82) is 0 Å². The lowest BCUT2D eigenvalue weighted by molar-refractivity contribution is 0.794. The van der Waals surface area contributed by atoms with Crippen LogP contribution in [0.4, 0.5) is 0 Å². The monoisotopic (exact) mass is 824 g/mol. The minimum Gasteiger partial charge on any atom is -0.265 e. The molecule has 0 fully saturated rings. The molecule has 4 nitrogen and oxygen atoms in total. The lowest BCUT2D eigenvalue weighted by atomic mass is 9.69. The molecule has 11 aromatic rings. The van der Waals surface area contributed by atoms with Gasteiger partial charge in [0.2, 0.25) is 0 Å². The Labute approximate surface area is 376 Å². The van der Waals surface area contributed by atoms with E-state index in [4.69, 9.17) is 9.97 Å². The fourth-order valence-corrected chi connectivity index (χ4v) is 11.5. The Morgan fingerprint density at radius 2 is 0.708 bits per heavy atom. The van der Waals surface area contributed by atoms with Crippen LogP contribution >= 0.6 is 0 Å². The van der Waals surface area contributed by atoms with Gasteiger partial charge in [-0.05, 0) is 172 Å². The molecule has 0 aliphatic heterocycles. The first kappa shape index (κ1) is 35.9. The second kappa shape index (κ2) is 13.7. The zero-order valence-electron chi connectivity index (χ0n) is 35.1. The van der Waals surface area contributed by atoms with E-state index in [1.54, 1.807) is 0 Å². The van der Waals surface area contributed by atoms with Gasteiger partial charge in [0.15, 0.2) is 0 Å². The van der Waals surface area contributed by atoms with E-state index in [1.807, 2.05) is 73.8 Å². The Morgan fingerprint density at radius 3 is 1.28 bits per heavy atom. The lowest BCUT2D eigenvalue weighted by Gasteiger charge is -2.31. The summed E-state index contributed by atoms with van der Waals surface area (Å²) >= 11 is 0. The number of benzene rings is 7. The van der Waals surface area contributed by atoms with Crippen molar-refractivity contribution in [3.05, 3.63) is 242 Å². The summed E-state index contributed by atoms with van der Waals surface area (Å²) in [6.45, 7) is 0. The molecule has 65 heavy (non-hydrogen) atoms. The zero-order valence-corrected chi connectivity index (χ0v) is 35.1. The summed E-state index contributed by atoms with van der Waals surface area (Å²) < 4.78 is 0. The highest BCUT2D eigenvalue weighted by Crippen LogP contribution is 2.67. The van der Waals surface area contributed by atoms with Crippen molar-refractivity contribution in [3.63, 3.8) is 0 Å². The smallest absolute Gasteiger partial charge is 0.0725 e. The third-order valence-corrected chi connectivity index (χ3v) is 14.1. The van der Waals surface area contributed by atoms with E-state index >= 15 is 0 Å². The number of rotatable bonds is 5. The highest BCUT2D eigenvalue weighted by Gasteiger charge is 2.53. The Balaban J connectivity index is 1.12. The quantitative estimate of drug-likeness (QED) is 0.173. The predicted octanol–water partition coefficient (Wildman–Crippen LogP) is 14.7. The highest BCUT2D eigenvalue weighted by molar-refractivity contribution is 6.21. The second-order valence-electron chi connectivity index (χ2n) is 17.4. The molecule has 4 aromatic heterocycles. The second-order valence-corrected chi connectivity index (χ2v) is 17.4. The van der Waals surface area contributed by atoms with Crippen LogP contribution in [0.3, 0.4) is 0 Å². The van der Waals surface area contributed by atoms with Crippen LogP contribution in [0.25, 0.3) is 111 Å². The zero-order chi connectivity index (χ0) is 42.6. The van der Waals surface area contributed by atoms with E-state index in [2.05, 4.69) is 156 Å². The minimum atomic E-state index is -0.516. The van der Waals surface area contributed by atoms with Crippen LogP contribution in [0.1, 0.15) is 22.3 Å². The molecule has 0 amide bonds. The topological polar surface area (TPSA) is 51.6 Å². The molecule has 0 bridgehead atoms. The molecule has 7 aromatic carbocycles. The van der Waals surface area contributed by atoms with Crippen LogP contribution in [-0.2, 0) is 5.41 Å². The third-order valence-electron chi connectivity index (χ3n) is 14.1. The Morgan fingerprint density at radius 1 is 0.262 bits per heavy atom. The first-order valence-corrected chi connectivity index (χ1v) is 22.1. The van der Waals surface area contributed by atoms with E-state index in [1.165, 1.54) is 83.1 Å². The fraction of sp³-hybridized carbons (Fsp3) is 0.0164. The van der Waals surface area contributed by atoms with Gasteiger partial charge in [-0.1, -0.05) is 109 Å². The predicted molar refractivity (Wildman–Crippen MR) is 263 cm³/mol. The standard InChI is InChI=1S/C61H36N4/c1-4-16-53-47(11-1)48-12-2-5-17-54(48)61(53)55-18-6-3-13-50(55)60-56(61)32-52-49-14-7-9-39-10-8-15-51(57(39)49)59(52)58(60)42-28-40(45-30-43(33-64-35-45)37-19-23-62-24-20-37)27-41(29-42)46-31-44(34-65-36-46)38-21-25-63-26-22-38/h1-36H. The molecule has 0 saturated carbocycles. The van der Waals surface area contributed by atoms with Gasteiger partial charge in [0.25, 0.3) is 0 Å². The summed E-state index contributed by atoms with van der Waals surface area (Å²) in [5.74, 6) is 0. The number of hydrogen-bond acceptors (Lipinski definition) is 4. The number of pyridine rings is 4. The van der Waals surface area contributed by atoms with Crippen molar-refractivity contribution in [2.75, 3.05) is 0 Å². The minimum absolute atomic E-state index is 0.516. The van der Waals surface area contributed by atoms with Gasteiger partial charge >= 0.3 is 0 Å². The fourth-order valence-electron chi connectivity index (χ4n) is 11.5. The summed E-state index contributed by atoms with van der Waals surface area (Å²) in [6.07, 6.45) is 15.2. The Kier molecular flexibility index (Phi) is 7.57. The van der Waals surface area contributed by atoms with Gasteiger partial charge < -0.3 is 0 Å². The summed E-state index contributed by atoms with van der Waals surface area (Å²) in [5, 5.41) is 2.56. The molecule has 14 rings (SSSR count). The number of hydrogen-bond donors (Lipinski definition) is 0. The molecule has 3 aliphatic carbocycles. The average Bonchev–Trinajstić information content (AvgIpc) is 3.99. The van der Waals surface area contributed by atoms with Crippen LogP contribution in [0.5, 0.6) is 0 Å². The maximum atomic E-state index is 4.85. The molecule has 3 aliphatic rings. The molecular formula is C61H36N4. The van der Waals surface area contributed by atoms with E-state index in [-0.39, 0.29) is 0 Å². The average molecular weight is 825 g/mol. The lowest BCUT2D eigenvalue weighted by Crippen LogP contribution is -2.26. The van der Waals surface area contributed by atoms with E-state index in [9.17, 15) is 0 Å². The third kappa shape index (κ3) is 5.08. The van der Waals surface area contributed by atoms with E-state index in [0.29, 0.717) is 0 Å². The van der Waals surface area contributed by atoms with Crippen molar-refractivity contribution in [2.45, 2.75) is 5.41 Å². The Hall–Kier alpha value is -8.60. The molecule has 300 valence electrons. The number of nitrogens with zero attached hydrogens (tertiary/aromatic N) is 4. The SMILES string of the molecule is c1ccc2c(c1)-c1ccccc1C21c2ccccc2-c2c1cc1c(c2-c2cc(-c3cncc(-c4ccncc4)c3)cc(-c3cncc(-c4ccncc4)c3)c2)-c2cccc3cccc-1c23. The first-order valence-electron chi connectivity index (χ1n) is 22.1. The normalized spacial score (nSPS) is 13.0. The van der Waals surface area contributed by atoms with Crippen LogP contribution in [0, 0.1) is 0 Å². The van der Waals surface area contributed by atoms with Gasteiger partial charge in [0.05, 0.1) is 5.41 Å². The number of aromatic nitrogens is 4. The maximum absolute atomic E-state index is 4.85. The van der Waals surface area contributed by atoms with Crippen molar-refractivity contribution in [2.24, 2.45) is 0 Å². The molecule has 0 unspecified atom stereocenters. The first-order chi connectivity index (χ1) is 32.2. The largest absolute Gasteiger partial charge is 0.265 e. The summed E-state index contributed by atoms with van der Waals surface area (Å²) in [4.78, 5) is 18.3. The van der Waals surface area contributed by atoms with Crippen LogP contribution in [0.2, 0.25) is 0 Å². The molecule has 0 N–H and O–H groups in total. The van der Waals surface area contributed by atoms with Crippen molar-refractivity contribution in [1.82, 2.24) is 19.9 Å². The van der Waals surface area contributed by atoms with Gasteiger partial charge in [0, 0.05) is 71.8 Å². The van der Waals surface area contributed by atoms with Crippen molar-refractivity contribution in [3.8, 4) is 100 Å². The van der Waals surface area contributed by atoms with Gasteiger partial charge in [0.1, 0.15) is 0 Å². The molecule has 0 saturated heterocycles. The molecule has 4 heterocycles. The van der Waals surface area contributed by atoms with Gasteiger partial charge in [-0.25, -0.2) is 0 Å². The Bertz CT molecular complexity index is 3630. The van der Waals surface area contributed by atoms with Gasteiger partial charge in [-0.3, -0.25) is 19.9 Å². The summed E-state index contributed by atoms with van der Waals surface area (Å²) in [7, 11) is 0. The summed E-state index contributed by atoms with van der Waals surface area (Å²) in [5.41, 5.74) is 25.9. The molecule has 1 spiro atoms. The van der Waals surface area contributed by atoms with Crippen molar-refractivity contribution < 1.29 is 0 Å². The van der Waals surface area contributed by atoms with Crippen LogP contribution < -0.4 is 0 Å². The molecular weight excluding hydrogens is 789 g/mol. The maximum Gasteiger partial charge on any atom is 0.0725 e. The molecule has 0 atom stereocenters. The van der Waals surface area contributed by atoms with Gasteiger partial charge in [-0.15, -0.1) is 0 Å². The van der Waals surface area contributed by atoms with Crippen molar-refractivity contribution >= 4 is 10.8 Å². The number of fused-ring (bicyclic) bond motifs is 13.